The van der Waals surface area contributed by atoms with E-state index in [4.69, 9.17) is 16.3 Å². The Morgan fingerprint density at radius 2 is 2.00 bits per heavy atom. The minimum atomic E-state index is -0.660. The van der Waals surface area contributed by atoms with Crippen molar-refractivity contribution in [3.63, 3.8) is 0 Å². The highest BCUT2D eigenvalue weighted by Crippen LogP contribution is 2.38. The van der Waals surface area contributed by atoms with Crippen LogP contribution >= 0.6 is 22.9 Å². The van der Waals surface area contributed by atoms with Crippen LogP contribution < -0.4 is 0 Å². The lowest BCUT2D eigenvalue weighted by atomic mass is 9.89. The molecule has 1 saturated carbocycles. The van der Waals surface area contributed by atoms with Gasteiger partial charge < -0.3 is 19.7 Å². The molecular weight excluding hydrogens is 492 g/mol. The largest absolute Gasteiger partial charge is 0.462 e. The Morgan fingerprint density at radius 3 is 2.66 bits per heavy atom. The number of aliphatic hydroxyl groups is 2. The van der Waals surface area contributed by atoms with E-state index >= 15 is 0 Å². The molecule has 1 aromatic rings. The van der Waals surface area contributed by atoms with Crippen molar-refractivity contribution in [2.75, 3.05) is 6.61 Å². The lowest BCUT2D eigenvalue weighted by molar-refractivity contribution is -0.147. The second-order valence-corrected chi connectivity index (χ2v) is 10.6. The van der Waals surface area contributed by atoms with E-state index in [1.165, 1.54) is 25.2 Å². The monoisotopic (exact) mass is 526 g/mol. The first-order chi connectivity index (χ1) is 16.7. The molecule has 0 aromatic carbocycles. The van der Waals surface area contributed by atoms with Crippen LogP contribution in [-0.4, -0.2) is 52.9 Å². The van der Waals surface area contributed by atoms with Crippen LogP contribution in [0.25, 0.3) is 0 Å². The normalized spacial score (nSPS) is 23.1. The molecule has 0 spiro atoms. The summed E-state index contributed by atoms with van der Waals surface area (Å²) in [6.07, 6.45) is 9.63. The van der Waals surface area contributed by atoms with Gasteiger partial charge in [-0.05, 0) is 50.2 Å². The number of hydrogen-bond donors (Lipinski definition) is 2. The van der Waals surface area contributed by atoms with Gasteiger partial charge in [-0.25, -0.2) is 0 Å². The zero-order valence-electron chi connectivity index (χ0n) is 20.2. The van der Waals surface area contributed by atoms with Gasteiger partial charge in [0.1, 0.15) is 12.7 Å². The van der Waals surface area contributed by atoms with Gasteiger partial charge in [-0.2, -0.15) is 0 Å². The van der Waals surface area contributed by atoms with Gasteiger partial charge in [0.15, 0.2) is 5.78 Å². The predicted molar refractivity (Wildman–Crippen MR) is 135 cm³/mol. The van der Waals surface area contributed by atoms with Gasteiger partial charge in [-0.15, -0.1) is 11.3 Å². The number of aryl methyl sites for hydroxylation is 1. The van der Waals surface area contributed by atoms with Gasteiger partial charge in [0.25, 0.3) is 0 Å². The number of carbonyl (C=O) groups excluding carboxylic acids is 3. The summed E-state index contributed by atoms with van der Waals surface area (Å²) in [5.41, 5.74) is 0. The Balaban J connectivity index is 1.87. The number of carbonyl (C=O) groups is 3. The number of aliphatic hydroxyl groups excluding tert-OH is 2. The van der Waals surface area contributed by atoms with Crippen LogP contribution in [0.1, 0.15) is 57.2 Å². The lowest BCUT2D eigenvalue weighted by Gasteiger charge is -2.22. The highest BCUT2D eigenvalue weighted by Gasteiger charge is 2.42. The molecule has 2 rings (SSSR count). The van der Waals surface area contributed by atoms with Gasteiger partial charge in [0.2, 0.25) is 0 Å². The Kier molecular flexibility index (Phi) is 12.7. The molecule has 0 saturated heterocycles. The molecule has 7 nitrogen and oxygen atoms in total. The maximum absolute atomic E-state index is 11.6. The fourth-order valence-corrected chi connectivity index (χ4v) is 5.30. The van der Waals surface area contributed by atoms with Crippen LogP contribution in [0.15, 0.2) is 36.4 Å². The minimum Gasteiger partial charge on any atom is -0.462 e. The zero-order valence-corrected chi connectivity index (χ0v) is 21.8. The van der Waals surface area contributed by atoms with Gasteiger partial charge in [0.05, 0.1) is 16.5 Å². The molecule has 0 unspecified atom stereocenters. The van der Waals surface area contributed by atoms with Crippen molar-refractivity contribution in [2.45, 2.75) is 77.1 Å². The van der Waals surface area contributed by atoms with Crippen molar-refractivity contribution in [2.24, 2.45) is 11.8 Å². The first-order valence-corrected chi connectivity index (χ1v) is 13.1. The summed E-state index contributed by atoms with van der Waals surface area (Å²) in [6.45, 7) is 2.43. The molecule has 35 heavy (non-hydrogen) atoms. The number of Topliss-reactive ketones (excluding diaryl/α,β-unsaturated/α-hetero) is 1. The average molecular weight is 527 g/mol. The third kappa shape index (κ3) is 11.1. The summed E-state index contributed by atoms with van der Waals surface area (Å²) >= 11 is 7.45. The third-order valence-corrected chi connectivity index (χ3v) is 7.21. The number of rotatable bonds is 14. The highest BCUT2D eigenvalue weighted by molar-refractivity contribution is 7.16. The molecule has 0 amide bonds. The van der Waals surface area contributed by atoms with E-state index in [2.05, 4.69) is 4.74 Å². The van der Waals surface area contributed by atoms with E-state index in [1.54, 1.807) is 6.08 Å². The lowest BCUT2D eigenvalue weighted by Crippen LogP contribution is -2.24. The number of thiophene rings is 1. The first kappa shape index (κ1) is 29.2. The Bertz CT molecular complexity index is 894. The zero-order chi connectivity index (χ0) is 25.8. The maximum atomic E-state index is 11.6. The van der Waals surface area contributed by atoms with Crippen LogP contribution in [-0.2, 0) is 30.3 Å². The van der Waals surface area contributed by atoms with Crippen LogP contribution in [0.3, 0.4) is 0 Å². The van der Waals surface area contributed by atoms with E-state index in [-0.39, 0.29) is 24.2 Å². The van der Waals surface area contributed by atoms with Crippen molar-refractivity contribution in [1.82, 2.24) is 0 Å². The van der Waals surface area contributed by atoms with E-state index in [9.17, 15) is 24.6 Å². The van der Waals surface area contributed by atoms with Crippen molar-refractivity contribution < 1.29 is 34.1 Å². The quantitative estimate of drug-likeness (QED) is 0.209. The van der Waals surface area contributed by atoms with Gasteiger partial charge in [-0.3, -0.25) is 14.4 Å². The number of ketones is 1. The van der Waals surface area contributed by atoms with Gasteiger partial charge in [-0.1, -0.05) is 35.9 Å². The summed E-state index contributed by atoms with van der Waals surface area (Å²) in [7, 11) is 0. The molecule has 1 heterocycles. The number of halogens is 1. The van der Waals surface area contributed by atoms with E-state index in [0.717, 1.165) is 9.21 Å². The maximum Gasteiger partial charge on any atom is 0.303 e. The first-order valence-electron chi connectivity index (χ1n) is 11.9. The molecule has 1 fully saturated rings. The van der Waals surface area contributed by atoms with E-state index < -0.39 is 30.3 Å². The molecule has 2 N–H and O–H groups in total. The van der Waals surface area contributed by atoms with Crippen LogP contribution in [0.2, 0.25) is 4.34 Å². The van der Waals surface area contributed by atoms with Crippen LogP contribution in [0.5, 0.6) is 0 Å². The summed E-state index contributed by atoms with van der Waals surface area (Å²) in [5.74, 6) is -1.35. The Hall–Kier alpha value is -2.00. The fourth-order valence-electron chi connectivity index (χ4n) is 4.19. The number of unbranched alkanes of at least 4 members (excludes halogenated alkanes) is 1. The SMILES string of the molecule is CC(=O)OCC(=O)CCC/C=C\C[C@@H]1[C@@H](/C=C/[C@H](O)CCc2ccc(Cl)s2)[C@H](OC(C)=O)C[C@@H]1O. The van der Waals surface area contributed by atoms with Crippen molar-refractivity contribution >= 4 is 40.7 Å². The van der Waals surface area contributed by atoms with E-state index in [0.29, 0.717) is 44.9 Å². The molecule has 194 valence electrons. The second-order valence-electron chi connectivity index (χ2n) is 8.81. The molecule has 9 heteroatoms. The van der Waals surface area contributed by atoms with Crippen molar-refractivity contribution in [1.29, 1.82) is 0 Å². The molecule has 0 aliphatic heterocycles. The Labute approximate surface area is 215 Å². The summed E-state index contributed by atoms with van der Waals surface area (Å²) in [5, 5.41) is 21.1. The molecule has 1 aromatic heterocycles. The average Bonchev–Trinajstić information content (AvgIpc) is 3.33. The van der Waals surface area contributed by atoms with Crippen molar-refractivity contribution in [3.05, 3.63) is 45.7 Å². The predicted octanol–water partition coefficient (Wildman–Crippen LogP) is 4.43. The summed E-state index contributed by atoms with van der Waals surface area (Å²) < 4.78 is 10.9. The topological polar surface area (TPSA) is 110 Å². The molecule has 1 aliphatic rings. The fraction of sp³-hybridized carbons (Fsp3) is 0.577. The number of allylic oxidation sites excluding steroid dienone is 2. The highest BCUT2D eigenvalue weighted by atomic mass is 35.5. The summed E-state index contributed by atoms with van der Waals surface area (Å²) in [4.78, 5) is 35.1. The second kappa shape index (κ2) is 15.2. The minimum absolute atomic E-state index is 0.116. The standard InChI is InChI=1S/C26H35ClO7S/c1-17(28)33-16-20(31)7-5-3-4-6-8-22-23(25(15-24(22)32)34-18(2)29)13-10-19(30)9-11-21-12-14-26(27)35-21/h4,6,10,12-14,19,22-25,30,32H,3,5,7-9,11,15-16H2,1-2H3/b6-4-,13-10+/t19-,22-,23-,24+,25-/m1/s1. The van der Waals surface area contributed by atoms with E-state index in [1.807, 2.05) is 30.4 Å². The molecular formula is C26H35ClO7S. The molecule has 5 atom stereocenters. The van der Waals surface area contributed by atoms with Gasteiger partial charge in [0, 0.05) is 37.5 Å². The molecule has 0 radical (unpaired) electrons. The Morgan fingerprint density at radius 1 is 1.23 bits per heavy atom. The number of hydrogen-bond acceptors (Lipinski definition) is 8. The molecule has 0 bridgehead atoms. The van der Waals surface area contributed by atoms with Crippen LogP contribution in [0, 0.1) is 11.8 Å². The number of esters is 2. The van der Waals surface area contributed by atoms with Crippen LogP contribution in [0.4, 0.5) is 0 Å². The smallest absolute Gasteiger partial charge is 0.303 e. The molecule has 1 aliphatic carbocycles. The van der Waals surface area contributed by atoms with Crippen molar-refractivity contribution in [3.8, 4) is 0 Å². The third-order valence-electron chi connectivity index (χ3n) is 5.92. The summed E-state index contributed by atoms with van der Waals surface area (Å²) in [6, 6.07) is 3.79. The number of ether oxygens (including phenoxy) is 2. The van der Waals surface area contributed by atoms with Gasteiger partial charge >= 0.3 is 11.9 Å².